The first kappa shape index (κ1) is 14.6. The van der Waals surface area contributed by atoms with Gasteiger partial charge in [-0.15, -0.1) is 0 Å². The molecule has 1 aliphatic rings. The molecule has 0 amide bonds. The first-order valence-electron chi connectivity index (χ1n) is 7.63. The van der Waals surface area contributed by atoms with E-state index in [1.165, 1.54) is 16.7 Å². The zero-order valence-electron chi connectivity index (χ0n) is 12.9. The summed E-state index contributed by atoms with van der Waals surface area (Å²) in [6, 6.07) is 19.0. The van der Waals surface area contributed by atoms with Crippen LogP contribution in [0.2, 0.25) is 0 Å². The molecular formula is C20H22N2. The van der Waals surface area contributed by atoms with Crippen LogP contribution in [-0.4, -0.2) is 6.04 Å². The highest BCUT2D eigenvalue weighted by molar-refractivity contribution is 5.42. The number of hydrogen-bond donors (Lipinski definition) is 2. The van der Waals surface area contributed by atoms with Gasteiger partial charge < -0.3 is 11.5 Å². The minimum atomic E-state index is -0.246. The van der Waals surface area contributed by atoms with Crippen molar-refractivity contribution in [3.63, 3.8) is 0 Å². The van der Waals surface area contributed by atoms with Crippen molar-refractivity contribution in [1.29, 1.82) is 0 Å². The van der Waals surface area contributed by atoms with E-state index in [0.29, 0.717) is 0 Å². The maximum absolute atomic E-state index is 6.31. The molecule has 22 heavy (non-hydrogen) atoms. The summed E-state index contributed by atoms with van der Waals surface area (Å²) >= 11 is 0. The van der Waals surface area contributed by atoms with Gasteiger partial charge in [0.15, 0.2) is 0 Å². The lowest BCUT2D eigenvalue weighted by atomic mass is 9.72. The molecule has 2 unspecified atom stereocenters. The third-order valence-electron chi connectivity index (χ3n) is 4.56. The molecule has 0 radical (unpaired) electrons. The second kappa shape index (κ2) is 5.82. The van der Waals surface area contributed by atoms with Crippen LogP contribution in [0, 0.1) is 0 Å². The van der Waals surface area contributed by atoms with Crippen molar-refractivity contribution in [3.05, 3.63) is 95.2 Å². The quantitative estimate of drug-likeness (QED) is 0.911. The van der Waals surface area contributed by atoms with Gasteiger partial charge in [0, 0.05) is 11.1 Å². The molecule has 0 aliphatic heterocycles. The van der Waals surface area contributed by atoms with Gasteiger partial charge in [-0.3, -0.25) is 0 Å². The summed E-state index contributed by atoms with van der Waals surface area (Å²) in [6.07, 6.45) is 6.97. The Balaban J connectivity index is 1.83. The molecule has 0 bridgehead atoms. The minimum absolute atomic E-state index is 0.183. The summed E-state index contributed by atoms with van der Waals surface area (Å²) < 4.78 is 0. The van der Waals surface area contributed by atoms with E-state index in [1.807, 2.05) is 18.2 Å². The summed E-state index contributed by atoms with van der Waals surface area (Å²) in [6.45, 7) is 2.14. The van der Waals surface area contributed by atoms with Gasteiger partial charge in [-0.1, -0.05) is 73.7 Å². The Kier molecular flexibility index (Phi) is 3.86. The molecule has 2 aromatic carbocycles. The lowest BCUT2D eigenvalue weighted by Crippen LogP contribution is -2.46. The van der Waals surface area contributed by atoms with Gasteiger partial charge in [0.1, 0.15) is 0 Å². The first-order chi connectivity index (χ1) is 10.6. The largest absolute Gasteiger partial charge is 0.401 e. The summed E-state index contributed by atoms with van der Waals surface area (Å²) in [7, 11) is 0. The highest BCUT2D eigenvalue weighted by atomic mass is 14.8. The molecule has 2 atom stereocenters. The molecule has 2 aromatic rings. The van der Waals surface area contributed by atoms with Crippen molar-refractivity contribution in [3.8, 4) is 0 Å². The summed E-state index contributed by atoms with van der Waals surface area (Å²) in [5.41, 5.74) is 16.6. The first-order valence-corrected chi connectivity index (χ1v) is 7.63. The zero-order chi connectivity index (χ0) is 15.6. The molecule has 2 heteroatoms. The van der Waals surface area contributed by atoms with Crippen molar-refractivity contribution in [2.75, 3.05) is 0 Å². The lowest BCUT2D eigenvalue weighted by Gasteiger charge is -2.35. The Morgan fingerprint density at radius 2 is 1.59 bits per heavy atom. The molecule has 0 heterocycles. The maximum Gasteiger partial charge on any atom is 0.0573 e. The van der Waals surface area contributed by atoms with Crippen LogP contribution in [0.25, 0.3) is 0 Å². The lowest BCUT2D eigenvalue weighted by molar-refractivity contribution is 0.496. The maximum atomic E-state index is 6.31. The molecule has 112 valence electrons. The molecule has 0 saturated heterocycles. The standard InChI is InChI=1S/C20H22N2/c1-20(13-5-8-18(21)19(20)22)17-11-9-16(10-12-17)14-15-6-3-2-4-7-15/h2-13,19H,14,21-22H2,1H3. The van der Waals surface area contributed by atoms with Crippen LogP contribution in [0.5, 0.6) is 0 Å². The van der Waals surface area contributed by atoms with Crippen molar-refractivity contribution >= 4 is 0 Å². The number of nitrogens with two attached hydrogens (primary N) is 2. The molecule has 0 aromatic heterocycles. The van der Waals surface area contributed by atoms with Crippen molar-refractivity contribution < 1.29 is 0 Å². The third-order valence-corrected chi connectivity index (χ3v) is 4.56. The van der Waals surface area contributed by atoms with E-state index in [4.69, 9.17) is 11.5 Å². The van der Waals surface area contributed by atoms with E-state index < -0.39 is 0 Å². The Morgan fingerprint density at radius 3 is 2.27 bits per heavy atom. The average molecular weight is 290 g/mol. The number of allylic oxidation sites excluding steroid dienone is 2. The van der Waals surface area contributed by atoms with Gasteiger partial charge in [0.2, 0.25) is 0 Å². The molecule has 0 saturated carbocycles. The summed E-state index contributed by atoms with van der Waals surface area (Å²) in [5.74, 6) is 0. The van der Waals surface area contributed by atoms with E-state index in [9.17, 15) is 0 Å². The van der Waals surface area contributed by atoms with Gasteiger partial charge in [-0.05, 0) is 29.2 Å². The van der Waals surface area contributed by atoms with Crippen LogP contribution in [0.1, 0.15) is 23.6 Å². The van der Waals surface area contributed by atoms with Gasteiger partial charge >= 0.3 is 0 Å². The van der Waals surface area contributed by atoms with Crippen molar-refractivity contribution in [2.45, 2.75) is 24.8 Å². The minimum Gasteiger partial charge on any atom is -0.401 e. The molecule has 0 fully saturated rings. The number of rotatable bonds is 3. The normalized spacial score (nSPS) is 24.1. The van der Waals surface area contributed by atoms with Crippen LogP contribution in [-0.2, 0) is 11.8 Å². The summed E-state index contributed by atoms with van der Waals surface area (Å²) in [5, 5.41) is 0. The molecule has 3 rings (SSSR count). The van der Waals surface area contributed by atoms with E-state index in [1.54, 1.807) is 0 Å². The zero-order valence-corrected chi connectivity index (χ0v) is 12.9. The van der Waals surface area contributed by atoms with Crippen molar-refractivity contribution in [1.82, 2.24) is 0 Å². The Hall–Kier alpha value is -2.32. The van der Waals surface area contributed by atoms with Gasteiger partial charge in [-0.2, -0.15) is 0 Å². The molecule has 4 N–H and O–H groups in total. The highest BCUT2D eigenvalue weighted by Gasteiger charge is 2.34. The van der Waals surface area contributed by atoms with Crippen LogP contribution in [0.4, 0.5) is 0 Å². The Bertz CT molecular complexity index is 698. The molecule has 0 spiro atoms. The van der Waals surface area contributed by atoms with Gasteiger partial charge in [-0.25, -0.2) is 0 Å². The summed E-state index contributed by atoms with van der Waals surface area (Å²) in [4.78, 5) is 0. The molecule has 2 nitrogen and oxygen atoms in total. The predicted octanol–water partition coefficient (Wildman–Crippen LogP) is 3.27. The fraction of sp³-hybridized carbons (Fsp3) is 0.200. The fourth-order valence-corrected chi connectivity index (χ4v) is 3.00. The number of benzene rings is 2. The van der Waals surface area contributed by atoms with E-state index in [0.717, 1.165) is 12.1 Å². The van der Waals surface area contributed by atoms with Gasteiger partial charge in [0.05, 0.1) is 6.04 Å². The van der Waals surface area contributed by atoms with E-state index >= 15 is 0 Å². The Morgan fingerprint density at radius 1 is 0.955 bits per heavy atom. The SMILES string of the molecule is CC1(c2ccc(Cc3ccccc3)cc2)C=CC=C(N)C1N. The van der Waals surface area contributed by atoms with E-state index in [2.05, 4.69) is 61.5 Å². The van der Waals surface area contributed by atoms with Crippen LogP contribution < -0.4 is 11.5 Å². The van der Waals surface area contributed by atoms with Crippen LogP contribution >= 0.6 is 0 Å². The highest BCUT2D eigenvalue weighted by Crippen LogP contribution is 2.33. The smallest absolute Gasteiger partial charge is 0.0573 e. The van der Waals surface area contributed by atoms with Gasteiger partial charge in [0.25, 0.3) is 0 Å². The number of hydrogen-bond acceptors (Lipinski definition) is 2. The van der Waals surface area contributed by atoms with Crippen LogP contribution in [0.15, 0.2) is 78.5 Å². The average Bonchev–Trinajstić information content (AvgIpc) is 2.54. The second-order valence-electron chi connectivity index (χ2n) is 6.15. The third kappa shape index (κ3) is 2.70. The Labute approximate surface area is 132 Å². The molecule has 1 aliphatic carbocycles. The van der Waals surface area contributed by atoms with Crippen LogP contribution in [0.3, 0.4) is 0 Å². The van der Waals surface area contributed by atoms with E-state index in [-0.39, 0.29) is 11.5 Å². The predicted molar refractivity (Wildman–Crippen MR) is 92.4 cm³/mol. The second-order valence-corrected chi connectivity index (χ2v) is 6.15. The van der Waals surface area contributed by atoms with Crippen molar-refractivity contribution in [2.24, 2.45) is 11.5 Å². The molecular weight excluding hydrogens is 268 g/mol. The monoisotopic (exact) mass is 290 g/mol. The fourth-order valence-electron chi connectivity index (χ4n) is 3.00. The topological polar surface area (TPSA) is 52.0 Å².